The van der Waals surface area contributed by atoms with Gasteiger partial charge in [-0.2, -0.15) is 0 Å². The molecular formula is C14H23N3O3. The van der Waals surface area contributed by atoms with E-state index in [9.17, 15) is 9.59 Å². The summed E-state index contributed by atoms with van der Waals surface area (Å²) in [6.07, 6.45) is 3.22. The van der Waals surface area contributed by atoms with E-state index in [0.717, 1.165) is 32.5 Å². The largest absolute Gasteiger partial charge is 0.377 e. The second-order valence-corrected chi connectivity index (χ2v) is 6.40. The van der Waals surface area contributed by atoms with Gasteiger partial charge in [0.2, 0.25) is 0 Å². The number of amides is 3. The molecule has 3 saturated heterocycles. The first kappa shape index (κ1) is 13.8. The SMILES string of the molecule is CC(C)N1C(=O)N[C@]2(CCN(C[C@@H]3CCCO3)C2)C1=O. The van der Waals surface area contributed by atoms with E-state index in [2.05, 4.69) is 10.2 Å². The van der Waals surface area contributed by atoms with Gasteiger partial charge < -0.3 is 10.1 Å². The van der Waals surface area contributed by atoms with Crippen molar-refractivity contribution in [3.8, 4) is 0 Å². The Kier molecular flexibility index (Phi) is 3.46. The van der Waals surface area contributed by atoms with E-state index in [1.807, 2.05) is 13.8 Å². The number of carbonyl (C=O) groups excluding carboxylic acids is 2. The van der Waals surface area contributed by atoms with Crippen LogP contribution in [-0.4, -0.2) is 65.7 Å². The minimum Gasteiger partial charge on any atom is -0.377 e. The third kappa shape index (κ3) is 2.20. The van der Waals surface area contributed by atoms with Gasteiger partial charge in [-0.25, -0.2) is 4.79 Å². The van der Waals surface area contributed by atoms with Gasteiger partial charge in [-0.05, 0) is 33.1 Å². The number of urea groups is 1. The fraction of sp³-hybridized carbons (Fsp3) is 0.857. The van der Waals surface area contributed by atoms with Crippen molar-refractivity contribution in [1.29, 1.82) is 0 Å². The van der Waals surface area contributed by atoms with Gasteiger partial charge in [0.15, 0.2) is 0 Å². The summed E-state index contributed by atoms with van der Waals surface area (Å²) in [7, 11) is 0. The Morgan fingerprint density at radius 2 is 2.25 bits per heavy atom. The molecule has 112 valence electrons. The summed E-state index contributed by atoms with van der Waals surface area (Å²) in [5.41, 5.74) is -0.694. The quantitative estimate of drug-likeness (QED) is 0.768. The molecule has 0 aromatic carbocycles. The van der Waals surface area contributed by atoms with E-state index in [1.54, 1.807) is 0 Å². The third-order valence-corrected chi connectivity index (χ3v) is 4.54. The summed E-state index contributed by atoms with van der Waals surface area (Å²) in [5, 5.41) is 2.92. The molecule has 0 aromatic heterocycles. The molecule has 3 fully saturated rings. The molecular weight excluding hydrogens is 258 g/mol. The second-order valence-electron chi connectivity index (χ2n) is 6.40. The van der Waals surface area contributed by atoms with Crippen LogP contribution in [-0.2, 0) is 9.53 Å². The van der Waals surface area contributed by atoms with Gasteiger partial charge in [0, 0.05) is 32.3 Å². The van der Waals surface area contributed by atoms with Crippen molar-refractivity contribution in [3.63, 3.8) is 0 Å². The fourth-order valence-electron chi connectivity index (χ4n) is 3.51. The highest BCUT2D eigenvalue weighted by atomic mass is 16.5. The highest BCUT2D eigenvalue weighted by molar-refractivity contribution is 6.07. The molecule has 20 heavy (non-hydrogen) atoms. The molecule has 0 aromatic rings. The van der Waals surface area contributed by atoms with E-state index < -0.39 is 5.54 Å². The van der Waals surface area contributed by atoms with Crippen LogP contribution < -0.4 is 5.32 Å². The molecule has 6 heteroatoms. The summed E-state index contributed by atoms with van der Waals surface area (Å²) < 4.78 is 5.65. The predicted molar refractivity (Wildman–Crippen MR) is 73.3 cm³/mol. The minimum atomic E-state index is -0.694. The van der Waals surface area contributed by atoms with Gasteiger partial charge in [0.25, 0.3) is 5.91 Å². The number of imide groups is 1. The van der Waals surface area contributed by atoms with Crippen LogP contribution in [0.3, 0.4) is 0 Å². The first-order valence-electron chi connectivity index (χ1n) is 7.52. The van der Waals surface area contributed by atoms with Gasteiger partial charge in [-0.3, -0.25) is 14.6 Å². The summed E-state index contributed by atoms with van der Waals surface area (Å²) in [5.74, 6) is -0.0626. The van der Waals surface area contributed by atoms with Crippen LogP contribution in [0.4, 0.5) is 4.79 Å². The Labute approximate surface area is 119 Å². The third-order valence-electron chi connectivity index (χ3n) is 4.54. The van der Waals surface area contributed by atoms with Gasteiger partial charge >= 0.3 is 6.03 Å². The van der Waals surface area contributed by atoms with Crippen LogP contribution >= 0.6 is 0 Å². The van der Waals surface area contributed by atoms with Crippen molar-refractivity contribution in [2.75, 3.05) is 26.2 Å². The molecule has 6 nitrogen and oxygen atoms in total. The van der Waals surface area contributed by atoms with Crippen LogP contribution in [0.1, 0.15) is 33.1 Å². The average molecular weight is 281 g/mol. The normalized spacial score (nSPS) is 34.8. The van der Waals surface area contributed by atoms with Crippen molar-refractivity contribution in [3.05, 3.63) is 0 Å². The van der Waals surface area contributed by atoms with E-state index in [1.165, 1.54) is 4.90 Å². The summed E-state index contributed by atoms with van der Waals surface area (Å²) in [4.78, 5) is 28.1. The number of ether oxygens (including phenoxy) is 1. The Morgan fingerprint density at radius 3 is 2.85 bits per heavy atom. The number of hydrogen-bond acceptors (Lipinski definition) is 4. The number of hydrogen-bond donors (Lipinski definition) is 1. The maximum absolute atomic E-state index is 12.5. The van der Waals surface area contributed by atoms with Gasteiger partial charge in [0.1, 0.15) is 5.54 Å². The summed E-state index contributed by atoms with van der Waals surface area (Å²) in [6.45, 7) is 6.91. The Hall–Kier alpha value is -1.14. The van der Waals surface area contributed by atoms with Crippen LogP contribution in [0.2, 0.25) is 0 Å². The topological polar surface area (TPSA) is 61.9 Å². The van der Waals surface area contributed by atoms with Gasteiger partial charge in [-0.15, -0.1) is 0 Å². The Bertz CT molecular complexity index is 420. The van der Waals surface area contributed by atoms with Gasteiger partial charge in [-0.1, -0.05) is 0 Å². The van der Waals surface area contributed by atoms with Crippen molar-refractivity contribution >= 4 is 11.9 Å². The monoisotopic (exact) mass is 281 g/mol. The lowest BCUT2D eigenvalue weighted by molar-refractivity contribution is -0.132. The second kappa shape index (κ2) is 5.00. The number of likely N-dealkylation sites (tertiary alicyclic amines) is 1. The smallest absolute Gasteiger partial charge is 0.325 e. The Balaban J connectivity index is 1.66. The maximum Gasteiger partial charge on any atom is 0.325 e. The summed E-state index contributed by atoms with van der Waals surface area (Å²) in [6, 6.07) is -0.335. The molecule has 3 amide bonds. The lowest BCUT2D eigenvalue weighted by Gasteiger charge is -2.24. The number of nitrogens with one attached hydrogen (secondary N) is 1. The molecule has 3 aliphatic heterocycles. The first-order chi connectivity index (χ1) is 9.52. The lowest BCUT2D eigenvalue weighted by Crippen LogP contribution is -2.50. The van der Waals surface area contributed by atoms with E-state index in [0.29, 0.717) is 19.1 Å². The zero-order valence-electron chi connectivity index (χ0n) is 12.2. The highest BCUT2D eigenvalue weighted by Gasteiger charge is 2.55. The minimum absolute atomic E-state index is 0.0626. The molecule has 3 aliphatic rings. The summed E-state index contributed by atoms with van der Waals surface area (Å²) >= 11 is 0. The predicted octanol–water partition coefficient (Wildman–Crippen LogP) is 0.570. The van der Waals surface area contributed by atoms with E-state index in [4.69, 9.17) is 4.74 Å². The standard InChI is InChI=1S/C14H23N3O3/c1-10(2)17-12(18)14(15-13(17)19)5-6-16(9-14)8-11-4-3-7-20-11/h10-11H,3-9H2,1-2H3,(H,15,19)/t11-,14-/m0/s1. The zero-order chi connectivity index (χ0) is 14.3. The molecule has 3 heterocycles. The number of nitrogens with zero attached hydrogens (tertiary/aromatic N) is 2. The van der Waals surface area contributed by atoms with Crippen LogP contribution in [0.5, 0.6) is 0 Å². The molecule has 3 rings (SSSR count). The van der Waals surface area contributed by atoms with Crippen LogP contribution in [0, 0.1) is 0 Å². The van der Waals surface area contributed by atoms with Crippen molar-refractivity contribution in [1.82, 2.24) is 15.1 Å². The molecule has 0 radical (unpaired) electrons. The van der Waals surface area contributed by atoms with Crippen molar-refractivity contribution in [2.24, 2.45) is 0 Å². The maximum atomic E-state index is 12.5. The lowest BCUT2D eigenvalue weighted by atomic mass is 9.98. The number of rotatable bonds is 3. The van der Waals surface area contributed by atoms with Crippen LogP contribution in [0.25, 0.3) is 0 Å². The Morgan fingerprint density at radius 1 is 1.45 bits per heavy atom. The molecule has 0 aliphatic carbocycles. The molecule has 0 saturated carbocycles. The van der Waals surface area contributed by atoms with Crippen LogP contribution in [0.15, 0.2) is 0 Å². The van der Waals surface area contributed by atoms with Gasteiger partial charge in [0.05, 0.1) is 6.10 Å². The van der Waals surface area contributed by atoms with E-state index in [-0.39, 0.29) is 18.0 Å². The molecule has 0 bridgehead atoms. The highest BCUT2D eigenvalue weighted by Crippen LogP contribution is 2.30. The number of carbonyl (C=O) groups is 2. The average Bonchev–Trinajstić information content (AvgIpc) is 3.04. The van der Waals surface area contributed by atoms with Crippen molar-refractivity contribution < 1.29 is 14.3 Å². The van der Waals surface area contributed by atoms with Crippen molar-refractivity contribution in [2.45, 2.75) is 50.8 Å². The fourth-order valence-corrected chi connectivity index (χ4v) is 3.51. The molecule has 2 atom stereocenters. The van der Waals surface area contributed by atoms with E-state index >= 15 is 0 Å². The zero-order valence-corrected chi connectivity index (χ0v) is 12.2. The first-order valence-corrected chi connectivity index (χ1v) is 7.52. The molecule has 1 spiro atoms. The molecule has 0 unspecified atom stereocenters. The molecule has 1 N–H and O–H groups in total.